The first-order chi connectivity index (χ1) is 8.74. The van der Waals surface area contributed by atoms with Crippen LogP contribution >= 0.6 is 0 Å². The van der Waals surface area contributed by atoms with Crippen molar-refractivity contribution in [2.75, 3.05) is 0 Å². The molecule has 0 bridgehead atoms. The van der Waals surface area contributed by atoms with Crippen LogP contribution < -0.4 is 10.6 Å². The number of fused-ring (bicyclic) bond motifs is 1. The number of carbonyl (C=O) groups is 1. The molecule has 3 N–H and O–H groups in total. The zero-order valence-electron chi connectivity index (χ0n) is 10.4. The molecule has 6 heteroatoms. The van der Waals surface area contributed by atoms with Gasteiger partial charge >= 0.3 is 0 Å². The highest BCUT2D eigenvalue weighted by molar-refractivity contribution is 5.82. The van der Waals surface area contributed by atoms with E-state index in [4.69, 9.17) is 5.26 Å². The van der Waals surface area contributed by atoms with Gasteiger partial charge in [0.1, 0.15) is 0 Å². The Hall–Kier alpha value is -1.87. The van der Waals surface area contributed by atoms with Crippen molar-refractivity contribution in [3.05, 3.63) is 17.7 Å². The summed E-state index contributed by atoms with van der Waals surface area (Å²) in [5.74, 6) is -0.0502. The second-order valence-electron chi connectivity index (χ2n) is 4.44. The van der Waals surface area contributed by atoms with E-state index in [1.165, 1.54) is 0 Å². The molecule has 2 rings (SSSR count). The predicted octanol–water partition coefficient (Wildman–Crippen LogP) is 0.232. The van der Waals surface area contributed by atoms with Crippen LogP contribution in [0.1, 0.15) is 31.2 Å². The van der Waals surface area contributed by atoms with Crippen LogP contribution in [0.15, 0.2) is 6.33 Å². The fraction of sp³-hybridized carbons (Fsp3) is 0.583. The lowest BCUT2D eigenvalue weighted by molar-refractivity contribution is -0.124. The smallest absolute Gasteiger partial charge is 0.237 e. The van der Waals surface area contributed by atoms with Crippen molar-refractivity contribution in [2.45, 2.75) is 44.8 Å². The number of amides is 1. The van der Waals surface area contributed by atoms with Crippen molar-refractivity contribution >= 4 is 5.91 Å². The molecule has 1 aliphatic heterocycles. The maximum Gasteiger partial charge on any atom is 0.237 e. The fourth-order valence-corrected chi connectivity index (χ4v) is 2.06. The third-order valence-electron chi connectivity index (χ3n) is 3.22. The number of nitriles is 1. The van der Waals surface area contributed by atoms with Crippen LogP contribution in [0.3, 0.4) is 0 Å². The van der Waals surface area contributed by atoms with Gasteiger partial charge in [-0.3, -0.25) is 10.1 Å². The van der Waals surface area contributed by atoms with Gasteiger partial charge in [-0.05, 0) is 6.42 Å². The van der Waals surface area contributed by atoms with E-state index >= 15 is 0 Å². The van der Waals surface area contributed by atoms with Gasteiger partial charge in [0.25, 0.3) is 0 Å². The van der Waals surface area contributed by atoms with Gasteiger partial charge in [-0.15, -0.1) is 0 Å². The highest BCUT2D eigenvalue weighted by Gasteiger charge is 2.26. The number of hydrogen-bond acceptors (Lipinski definition) is 4. The van der Waals surface area contributed by atoms with Crippen molar-refractivity contribution in [3.63, 3.8) is 0 Å². The molecule has 6 nitrogen and oxygen atoms in total. The maximum absolute atomic E-state index is 12.1. The lowest BCUT2D eigenvalue weighted by Crippen LogP contribution is -2.50. The largest absolute Gasteiger partial charge is 0.351 e. The van der Waals surface area contributed by atoms with Crippen LogP contribution in [0, 0.1) is 11.3 Å². The maximum atomic E-state index is 12.1. The van der Waals surface area contributed by atoms with Crippen LogP contribution in [0.5, 0.6) is 0 Å². The Bertz CT molecular complexity index is 461. The molecule has 2 heterocycles. The molecule has 0 spiro atoms. The predicted molar refractivity (Wildman–Crippen MR) is 65.4 cm³/mol. The summed E-state index contributed by atoms with van der Waals surface area (Å²) in [7, 11) is 0. The zero-order valence-corrected chi connectivity index (χ0v) is 10.4. The van der Waals surface area contributed by atoms with E-state index in [9.17, 15) is 4.79 Å². The average Bonchev–Trinajstić information content (AvgIpc) is 2.85. The molecule has 0 fully saturated rings. The van der Waals surface area contributed by atoms with Crippen molar-refractivity contribution in [1.82, 2.24) is 20.6 Å². The summed E-state index contributed by atoms with van der Waals surface area (Å²) in [5, 5.41) is 14.7. The van der Waals surface area contributed by atoms with E-state index in [0.29, 0.717) is 19.4 Å². The van der Waals surface area contributed by atoms with Gasteiger partial charge in [-0.1, -0.05) is 6.92 Å². The fourth-order valence-electron chi connectivity index (χ4n) is 2.06. The monoisotopic (exact) mass is 247 g/mol. The minimum Gasteiger partial charge on any atom is -0.351 e. The van der Waals surface area contributed by atoms with Crippen molar-refractivity contribution in [1.29, 1.82) is 5.26 Å². The Balaban J connectivity index is 1.93. The van der Waals surface area contributed by atoms with Gasteiger partial charge in [0.15, 0.2) is 0 Å². The summed E-state index contributed by atoms with van der Waals surface area (Å²) in [6.45, 7) is 2.59. The number of nitrogens with zero attached hydrogens (tertiary/aromatic N) is 2. The van der Waals surface area contributed by atoms with Crippen LogP contribution in [-0.4, -0.2) is 28.0 Å². The van der Waals surface area contributed by atoms with Crippen LogP contribution in [0.4, 0.5) is 0 Å². The third kappa shape index (κ3) is 2.68. The molecule has 18 heavy (non-hydrogen) atoms. The molecule has 0 radical (unpaired) electrons. The molecule has 1 aromatic rings. The first-order valence-corrected chi connectivity index (χ1v) is 6.16. The third-order valence-corrected chi connectivity index (χ3v) is 3.22. The van der Waals surface area contributed by atoms with Gasteiger partial charge in [0, 0.05) is 19.0 Å². The number of carbonyl (C=O) groups excluding carboxylic acids is 1. The van der Waals surface area contributed by atoms with Gasteiger partial charge < -0.3 is 10.3 Å². The van der Waals surface area contributed by atoms with Gasteiger partial charge in [-0.2, -0.15) is 5.26 Å². The Morgan fingerprint density at radius 3 is 3.33 bits per heavy atom. The number of imidazole rings is 1. The summed E-state index contributed by atoms with van der Waals surface area (Å²) in [6.07, 6.45) is 3.35. The van der Waals surface area contributed by atoms with E-state index < -0.39 is 0 Å². The molecule has 0 saturated carbocycles. The lowest BCUT2D eigenvalue weighted by atomic mass is 10.0. The Morgan fingerprint density at radius 1 is 1.78 bits per heavy atom. The quantitative estimate of drug-likeness (QED) is 0.710. The minimum atomic E-state index is -0.256. The van der Waals surface area contributed by atoms with Gasteiger partial charge in [-0.25, -0.2) is 4.98 Å². The molecule has 0 aliphatic carbocycles. The summed E-state index contributed by atoms with van der Waals surface area (Å²) in [4.78, 5) is 19.3. The average molecular weight is 247 g/mol. The molecule has 1 amide bonds. The van der Waals surface area contributed by atoms with Gasteiger partial charge in [0.05, 0.1) is 36.2 Å². The zero-order chi connectivity index (χ0) is 13.0. The topological polar surface area (TPSA) is 93.6 Å². The highest BCUT2D eigenvalue weighted by Crippen LogP contribution is 2.12. The second kappa shape index (κ2) is 5.65. The summed E-state index contributed by atoms with van der Waals surface area (Å²) in [5.41, 5.74) is 1.99. The summed E-state index contributed by atoms with van der Waals surface area (Å²) >= 11 is 0. The van der Waals surface area contributed by atoms with Crippen molar-refractivity contribution < 1.29 is 4.79 Å². The minimum absolute atomic E-state index is 0.0502. The molecular weight excluding hydrogens is 230 g/mol. The van der Waals surface area contributed by atoms with Crippen LogP contribution in [-0.2, 0) is 17.8 Å². The van der Waals surface area contributed by atoms with E-state index in [1.54, 1.807) is 6.33 Å². The number of aromatic amines is 1. The second-order valence-corrected chi connectivity index (χ2v) is 4.44. The van der Waals surface area contributed by atoms with Crippen LogP contribution in [0.25, 0.3) is 0 Å². The number of rotatable bonds is 4. The standard InChI is InChI=1S/C12H17N5O/c1-2-8(3-4-13)17-12(18)10-5-9-11(6-14-10)16-7-15-9/h7-8,10,14H,2-3,5-6H2,1H3,(H,15,16)(H,17,18). The van der Waals surface area contributed by atoms with Crippen molar-refractivity contribution in [2.24, 2.45) is 0 Å². The van der Waals surface area contributed by atoms with Gasteiger partial charge in [0.2, 0.25) is 5.91 Å². The summed E-state index contributed by atoms with van der Waals surface area (Å²) < 4.78 is 0. The molecule has 0 saturated heterocycles. The molecule has 2 atom stereocenters. The lowest BCUT2D eigenvalue weighted by Gasteiger charge is -2.24. The Kier molecular flexibility index (Phi) is 3.95. The van der Waals surface area contributed by atoms with E-state index in [-0.39, 0.29) is 18.0 Å². The SMILES string of the molecule is CCC(CC#N)NC(=O)C1Cc2nc[nH]c2CN1. The number of H-pyrrole nitrogens is 1. The molecular formula is C12H17N5O. The molecule has 96 valence electrons. The molecule has 1 aromatic heterocycles. The first kappa shape index (κ1) is 12.6. The molecule has 2 unspecified atom stereocenters. The Morgan fingerprint density at radius 2 is 2.61 bits per heavy atom. The first-order valence-electron chi connectivity index (χ1n) is 6.16. The Labute approximate surface area is 106 Å². The van der Waals surface area contributed by atoms with Crippen molar-refractivity contribution in [3.8, 4) is 6.07 Å². The number of aromatic nitrogens is 2. The summed E-state index contributed by atoms with van der Waals surface area (Å²) in [6, 6.07) is 1.77. The number of nitrogens with one attached hydrogen (secondary N) is 3. The molecule has 0 aromatic carbocycles. The van der Waals surface area contributed by atoms with Crippen LogP contribution in [0.2, 0.25) is 0 Å². The highest BCUT2D eigenvalue weighted by atomic mass is 16.2. The normalized spacial score (nSPS) is 19.7. The number of hydrogen-bond donors (Lipinski definition) is 3. The van der Waals surface area contributed by atoms with E-state index in [2.05, 4.69) is 26.7 Å². The van der Waals surface area contributed by atoms with E-state index in [1.807, 2.05) is 6.92 Å². The van der Waals surface area contributed by atoms with E-state index in [0.717, 1.165) is 17.8 Å². The molecule has 1 aliphatic rings.